The van der Waals surface area contributed by atoms with Gasteiger partial charge in [0.25, 0.3) is 5.91 Å². The van der Waals surface area contributed by atoms with Gasteiger partial charge in [-0.3, -0.25) is 4.79 Å². The van der Waals surface area contributed by atoms with Gasteiger partial charge in [-0.2, -0.15) is 0 Å². The maximum absolute atomic E-state index is 12.3. The molecule has 1 amide bonds. The van der Waals surface area contributed by atoms with Crippen molar-refractivity contribution in [3.05, 3.63) is 58.7 Å². The van der Waals surface area contributed by atoms with E-state index in [0.717, 1.165) is 17.5 Å². The Kier molecular flexibility index (Phi) is 4.08. The summed E-state index contributed by atoms with van der Waals surface area (Å²) in [7, 11) is 0. The second kappa shape index (κ2) is 5.78. The van der Waals surface area contributed by atoms with Crippen molar-refractivity contribution < 1.29 is 4.79 Å². The van der Waals surface area contributed by atoms with Crippen LogP contribution in [0.15, 0.2) is 36.4 Å². The Labute approximate surface area is 119 Å². The predicted molar refractivity (Wildman–Crippen MR) is 84.1 cm³/mol. The Bertz CT molecular complexity index is 630. The Morgan fingerprint density at radius 3 is 2.35 bits per heavy atom. The van der Waals surface area contributed by atoms with Gasteiger partial charge in [0.1, 0.15) is 0 Å². The number of benzene rings is 2. The third-order valence-corrected chi connectivity index (χ3v) is 3.63. The molecular formula is C17H20N2O. The minimum Gasteiger partial charge on any atom is -0.397 e. The van der Waals surface area contributed by atoms with Crippen LogP contribution in [0.4, 0.5) is 11.4 Å². The van der Waals surface area contributed by atoms with Gasteiger partial charge in [0, 0.05) is 5.56 Å². The molecule has 0 radical (unpaired) electrons. The number of aryl methyl sites for hydroxylation is 2. The monoisotopic (exact) mass is 268 g/mol. The number of amides is 1. The van der Waals surface area contributed by atoms with Crippen LogP contribution >= 0.6 is 0 Å². The molecule has 0 aliphatic rings. The molecule has 3 heteroatoms. The van der Waals surface area contributed by atoms with Gasteiger partial charge >= 0.3 is 0 Å². The van der Waals surface area contributed by atoms with E-state index in [4.69, 9.17) is 5.73 Å². The van der Waals surface area contributed by atoms with Crippen LogP contribution in [0.5, 0.6) is 0 Å². The van der Waals surface area contributed by atoms with Crippen molar-refractivity contribution in [2.24, 2.45) is 0 Å². The molecule has 0 aliphatic carbocycles. The summed E-state index contributed by atoms with van der Waals surface area (Å²) in [6.45, 7) is 6.05. The molecular weight excluding hydrogens is 248 g/mol. The number of nitrogens with two attached hydrogens (primary N) is 1. The van der Waals surface area contributed by atoms with Gasteiger partial charge < -0.3 is 11.1 Å². The summed E-state index contributed by atoms with van der Waals surface area (Å²) in [5, 5.41) is 2.91. The summed E-state index contributed by atoms with van der Waals surface area (Å²) < 4.78 is 0. The molecule has 0 unspecified atom stereocenters. The van der Waals surface area contributed by atoms with E-state index in [1.807, 2.05) is 50.2 Å². The van der Waals surface area contributed by atoms with Gasteiger partial charge in [0.05, 0.1) is 11.4 Å². The quantitative estimate of drug-likeness (QED) is 0.834. The first-order chi connectivity index (χ1) is 9.52. The van der Waals surface area contributed by atoms with Crippen molar-refractivity contribution >= 4 is 17.3 Å². The zero-order chi connectivity index (χ0) is 14.7. The molecule has 104 valence electrons. The molecule has 2 aromatic rings. The highest BCUT2D eigenvalue weighted by Gasteiger charge is 2.11. The van der Waals surface area contributed by atoms with Gasteiger partial charge in [-0.25, -0.2) is 0 Å². The molecule has 20 heavy (non-hydrogen) atoms. The number of hydrogen-bond donors (Lipinski definition) is 2. The van der Waals surface area contributed by atoms with E-state index in [0.29, 0.717) is 16.9 Å². The van der Waals surface area contributed by atoms with Crippen LogP contribution in [0.2, 0.25) is 0 Å². The van der Waals surface area contributed by atoms with Crippen LogP contribution in [0, 0.1) is 13.8 Å². The molecule has 2 aromatic carbocycles. The van der Waals surface area contributed by atoms with E-state index >= 15 is 0 Å². The fourth-order valence-electron chi connectivity index (χ4n) is 2.08. The van der Waals surface area contributed by atoms with Crippen molar-refractivity contribution in [1.29, 1.82) is 0 Å². The molecule has 0 atom stereocenters. The van der Waals surface area contributed by atoms with E-state index in [1.54, 1.807) is 0 Å². The highest BCUT2D eigenvalue weighted by molar-refractivity contribution is 6.06. The maximum atomic E-state index is 12.3. The predicted octanol–water partition coefficient (Wildman–Crippen LogP) is 3.70. The van der Waals surface area contributed by atoms with Crippen LogP contribution in [-0.2, 0) is 6.42 Å². The minimum atomic E-state index is -0.131. The fourth-order valence-corrected chi connectivity index (χ4v) is 2.08. The first-order valence-corrected chi connectivity index (χ1v) is 6.79. The number of hydrogen-bond acceptors (Lipinski definition) is 2. The maximum Gasteiger partial charge on any atom is 0.255 e. The first-order valence-electron chi connectivity index (χ1n) is 6.79. The van der Waals surface area contributed by atoms with Crippen LogP contribution in [-0.4, -0.2) is 5.91 Å². The number of nitrogens with one attached hydrogen (secondary N) is 1. The van der Waals surface area contributed by atoms with E-state index in [1.165, 1.54) is 5.56 Å². The lowest BCUT2D eigenvalue weighted by atomic mass is 10.1. The third kappa shape index (κ3) is 2.82. The van der Waals surface area contributed by atoms with Crippen molar-refractivity contribution in [3.8, 4) is 0 Å². The van der Waals surface area contributed by atoms with Gasteiger partial charge in [-0.05, 0) is 55.2 Å². The van der Waals surface area contributed by atoms with E-state index < -0.39 is 0 Å². The summed E-state index contributed by atoms with van der Waals surface area (Å²) in [5.41, 5.74) is 11.2. The van der Waals surface area contributed by atoms with E-state index in [9.17, 15) is 4.79 Å². The normalized spacial score (nSPS) is 10.3. The molecule has 0 heterocycles. The highest BCUT2D eigenvalue weighted by atomic mass is 16.1. The lowest BCUT2D eigenvalue weighted by Gasteiger charge is -2.13. The molecule has 0 aromatic heterocycles. The molecule has 0 bridgehead atoms. The number of anilines is 2. The Morgan fingerprint density at radius 1 is 1.10 bits per heavy atom. The highest BCUT2D eigenvalue weighted by Crippen LogP contribution is 2.26. The Morgan fingerprint density at radius 2 is 1.75 bits per heavy atom. The second-order valence-corrected chi connectivity index (χ2v) is 4.98. The topological polar surface area (TPSA) is 55.1 Å². The minimum absolute atomic E-state index is 0.131. The average Bonchev–Trinajstić information content (AvgIpc) is 2.47. The lowest BCUT2D eigenvalue weighted by Crippen LogP contribution is -2.14. The summed E-state index contributed by atoms with van der Waals surface area (Å²) in [6.07, 6.45) is 0.964. The summed E-state index contributed by atoms with van der Waals surface area (Å²) >= 11 is 0. The third-order valence-electron chi connectivity index (χ3n) is 3.63. The second-order valence-electron chi connectivity index (χ2n) is 4.98. The first kappa shape index (κ1) is 14.1. The van der Waals surface area contributed by atoms with Gasteiger partial charge in [0.2, 0.25) is 0 Å². The van der Waals surface area contributed by atoms with Crippen molar-refractivity contribution in [3.63, 3.8) is 0 Å². The molecule has 0 saturated heterocycles. The number of nitrogen functional groups attached to an aromatic ring is 1. The fraction of sp³-hybridized carbons (Fsp3) is 0.235. The van der Waals surface area contributed by atoms with Crippen LogP contribution in [0.25, 0.3) is 0 Å². The zero-order valence-electron chi connectivity index (χ0n) is 12.2. The van der Waals surface area contributed by atoms with Gasteiger partial charge in [-0.15, -0.1) is 0 Å². The number of carbonyl (C=O) groups excluding carboxylic acids is 1. The molecule has 3 N–H and O–H groups in total. The smallest absolute Gasteiger partial charge is 0.255 e. The van der Waals surface area contributed by atoms with E-state index in [-0.39, 0.29) is 5.91 Å². The summed E-state index contributed by atoms with van der Waals surface area (Å²) in [6, 6.07) is 11.4. The molecule has 3 nitrogen and oxygen atoms in total. The standard InChI is InChI=1S/C17H20N2O/c1-4-13-6-8-14(9-7-13)17(20)19-16-12(3)11(2)5-10-15(16)18/h5-10H,4,18H2,1-3H3,(H,19,20). The van der Waals surface area contributed by atoms with Gasteiger partial charge in [-0.1, -0.05) is 25.1 Å². The van der Waals surface area contributed by atoms with Crippen LogP contribution < -0.4 is 11.1 Å². The molecule has 0 saturated carbocycles. The average molecular weight is 268 g/mol. The molecule has 2 rings (SSSR count). The van der Waals surface area contributed by atoms with Gasteiger partial charge in [0.15, 0.2) is 0 Å². The largest absolute Gasteiger partial charge is 0.397 e. The lowest BCUT2D eigenvalue weighted by molar-refractivity contribution is 0.102. The van der Waals surface area contributed by atoms with Crippen molar-refractivity contribution in [2.45, 2.75) is 27.2 Å². The van der Waals surface area contributed by atoms with Crippen molar-refractivity contribution in [2.75, 3.05) is 11.1 Å². The zero-order valence-corrected chi connectivity index (χ0v) is 12.2. The Hall–Kier alpha value is -2.29. The molecule has 0 aliphatic heterocycles. The van der Waals surface area contributed by atoms with Crippen LogP contribution in [0.3, 0.4) is 0 Å². The number of carbonyl (C=O) groups is 1. The SMILES string of the molecule is CCc1ccc(C(=O)Nc2c(N)ccc(C)c2C)cc1. The van der Waals surface area contributed by atoms with Crippen LogP contribution in [0.1, 0.15) is 34.0 Å². The van der Waals surface area contributed by atoms with Crippen molar-refractivity contribution in [1.82, 2.24) is 0 Å². The van der Waals surface area contributed by atoms with E-state index in [2.05, 4.69) is 12.2 Å². The molecule has 0 spiro atoms. The Balaban J connectivity index is 2.25. The number of rotatable bonds is 3. The summed E-state index contributed by atoms with van der Waals surface area (Å²) in [5.74, 6) is -0.131. The molecule has 0 fully saturated rings. The summed E-state index contributed by atoms with van der Waals surface area (Å²) in [4.78, 5) is 12.3.